The van der Waals surface area contributed by atoms with Crippen molar-refractivity contribution in [3.63, 3.8) is 0 Å². The van der Waals surface area contributed by atoms with Crippen LogP contribution in [0.3, 0.4) is 0 Å². The molecule has 2 aliphatic rings. The maximum atomic E-state index is 12.2. The van der Waals surface area contributed by atoms with Crippen molar-refractivity contribution >= 4 is 11.4 Å². The molecule has 0 saturated heterocycles. The van der Waals surface area contributed by atoms with Gasteiger partial charge in [0.25, 0.3) is 0 Å². The van der Waals surface area contributed by atoms with Crippen LogP contribution in [0, 0.1) is 0 Å². The highest BCUT2D eigenvalue weighted by atomic mass is 19.4. The highest BCUT2D eigenvalue weighted by molar-refractivity contribution is 5.66. The number of benzene rings is 2. The molecule has 0 aliphatic carbocycles. The first-order valence-electron chi connectivity index (χ1n) is 7.65. The molecule has 0 aromatic heterocycles. The summed E-state index contributed by atoms with van der Waals surface area (Å²) >= 11 is 0. The van der Waals surface area contributed by atoms with Crippen LogP contribution in [-0.2, 0) is 6.42 Å². The summed E-state index contributed by atoms with van der Waals surface area (Å²) in [6, 6.07) is 13.1. The normalized spacial score (nSPS) is 16.8. The number of anilines is 2. The van der Waals surface area contributed by atoms with Gasteiger partial charge in [-0.1, -0.05) is 18.2 Å². The summed E-state index contributed by atoms with van der Waals surface area (Å²) in [6.07, 6.45) is -3.27. The van der Waals surface area contributed by atoms with E-state index >= 15 is 0 Å². The second-order valence-corrected chi connectivity index (χ2v) is 5.71. The van der Waals surface area contributed by atoms with Crippen LogP contribution in [0.4, 0.5) is 24.5 Å². The quantitative estimate of drug-likeness (QED) is 0.858. The van der Waals surface area contributed by atoms with Crippen molar-refractivity contribution in [1.82, 2.24) is 5.53 Å². The molecule has 2 heterocycles. The monoisotopic (exact) mass is 349 g/mol. The molecular formula is C17H14F3N3O2. The number of hydrazine groups is 2. The van der Waals surface area contributed by atoms with Crippen molar-refractivity contribution in [1.29, 1.82) is 0 Å². The van der Waals surface area contributed by atoms with E-state index < -0.39 is 6.36 Å². The Morgan fingerprint density at radius 1 is 0.960 bits per heavy atom. The summed E-state index contributed by atoms with van der Waals surface area (Å²) in [5.41, 5.74) is 6.37. The molecule has 0 spiro atoms. The van der Waals surface area contributed by atoms with Gasteiger partial charge in [0.2, 0.25) is 5.88 Å². The SMILES string of the molecule is OC1=C2CCc3ccccc3N2NN1c1ccc(OC(F)(F)F)cc1. The van der Waals surface area contributed by atoms with Crippen LogP contribution in [0.15, 0.2) is 60.1 Å². The number of hydrogen-bond donors (Lipinski definition) is 2. The van der Waals surface area contributed by atoms with E-state index in [9.17, 15) is 18.3 Å². The number of aliphatic hydroxyl groups is 1. The molecule has 2 aromatic rings. The average Bonchev–Trinajstić information content (AvgIpc) is 2.92. The van der Waals surface area contributed by atoms with Gasteiger partial charge in [0.05, 0.1) is 17.1 Å². The van der Waals surface area contributed by atoms with E-state index in [2.05, 4.69) is 10.3 Å². The van der Waals surface area contributed by atoms with Gasteiger partial charge in [-0.3, -0.25) is 5.01 Å². The summed E-state index contributed by atoms with van der Waals surface area (Å²) in [6.45, 7) is 0. The fourth-order valence-corrected chi connectivity index (χ4v) is 3.03. The van der Waals surface area contributed by atoms with E-state index in [0.717, 1.165) is 17.7 Å². The number of alkyl halides is 3. The Bertz CT molecular complexity index is 834. The standard InChI is InChI=1S/C17H14F3N3O2/c18-17(19,20)25-13-8-6-12(7-9-13)22-16(24)15-10-5-11-3-1-2-4-14(11)23(15)21-22/h1-4,6-9,21,24H,5,10H2. The zero-order chi connectivity index (χ0) is 17.6. The van der Waals surface area contributed by atoms with Gasteiger partial charge in [-0.2, -0.15) is 0 Å². The Morgan fingerprint density at radius 2 is 1.68 bits per heavy atom. The lowest BCUT2D eigenvalue weighted by Gasteiger charge is -2.29. The number of allylic oxidation sites excluding steroid dienone is 1. The first-order chi connectivity index (χ1) is 11.9. The van der Waals surface area contributed by atoms with Crippen molar-refractivity contribution in [3.8, 4) is 5.75 Å². The molecule has 5 nitrogen and oxygen atoms in total. The molecule has 0 saturated carbocycles. The fraction of sp³-hybridized carbons (Fsp3) is 0.176. The van der Waals surface area contributed by atoms with E-state index in [-0.39, 0.29) is 11.6 Å². The topological polar surface area (TPSA) is 48.0 Å². The summed E-state index contributed by atoms with van der Waals surface area (Å²) in [4.78, 5) is 0. The molecule has 0 bridgehead atoms. The number of halogens is 3. The number of rotatable bonds is 2. The third-order valence-electron chi connectivity index (χ3n) is 4.13. The Balaban J connectivity index is 1.60. The molecule has 0 radical (unpaired) electrons. The lowest BCUT2D eigenvalue weighted by molar-refractivity contribution is -0.274. The zero-order valence-electron chi connectivity index (χ0n) is 12.9. The van der Waals surface area contributed by atoms with Crippen LogP contribution in [0.1, 0.15) is 12.0 Å². The van der Waals surface area contributed by atoms with Gasteiger partial charge < -0.3 is 9.84 Å². The summed E-state index contributed by atoms with van der Waals surface area (Å²) in [5, 5.41) is 13.7. The van der Waals surface area contributed by atoms with Crippen molar-refractivity contribution in [2.75, 3.05) is 10.0 Å². The van der Waals surface area contributed by atoms with Gasteiger partial charge in [0, 0.05) is 0 Å². The maximum absolute atomic E-state index is 12.2. The van der Waals surface area contributed by atoms with E-state index in [1.54, 1.807) is 5.01 Å². The zero-order valence-corrected chi connectivity index (χ0v) is 12.9. The van der Waals surface area contributed by atoms with Crippen molar-refractivity contribution in [2.24, 2.45) is 0 Å². The molecule has 25 heavy (non-hydrogen) atoms. The van der Waals surface area contributed by atoms with Gasteiger partial charge in [-0.15, -0.1) is 18.7 Å². The minimum atomic E-state index is -4.73. The Hall–Kier alpha value is -2.87. The van der Waals surface area contributed by atoms with Gasteiger partial charge >= 0.3 is 6.36 Å². The summed E-state index contributed by atoms with van der Waals surface area (Å²) < 4.78 is 40.6. The van der Waals surface area contributed by atoms with E-state index in [4.69, 9.17) is 0 Å². The molecular weight excluding hydrogens is 335 g/mol. The van der Waals surface area contributed by atoms with E-state index in [1.807, 2.05) is 24.3 Å². The number of hydrogen-bond acceptors (Lipinski definition) is 5. The molecule has 0 amide bonds. The van der Waals surface area contributed by atoms with E-state index in [0.29, 0.717) is 17.8 Å². The van der Waals surface area contributed by atoms with Crippen molar-refractivity contribution in [3.05, 3.63) is 65.7 Å². The lowest BCUT2D eigenvalue weighted by atomic mass is 10.0. The predicted octanol–water partition coefficient (Wildman–Crippen LogP) is 4.00. The first kappa shape index (κ1) is 15.6. The van der Waals surface area contributed by atoms with Crippen molar-refractivity contribution in [2.45, 2.75) is 19.2 Å². The highest BCUT2D eigenvalue weighted by Gasteiger charge is 2.35. The van der Waals surface area contributed by atoms with Crippen molar-refractivity contribution < 1.29 is 23.0 Å². The fourth-order valence-electron chi connectivity index (χ4n) is 3.03. The predicted molar refractivity (Wildman–Crippen MR) is 85.6 cm³/mol. The minimum Gasteiger partial charge on any atom is -0.492 e. The molecule has 4 rings (SSSR count). The Kier molecular flexibility index (Phi) is 3.50. The maximum Gasteiger partial charge on any atom is 0.573 e. The highest BCUT2D eigenvalue weighted by Crippen LogP contribution is 2.37. The molecule has 130 valence electrons. The molecule has 0 unspecified atom stereocenters. The number of nitrogens with one attached hydrogen (secondary N) is 1. The van der Waals surface area contributed by atoms with Gasteiger partial charge in [0.1, 0.15) is 5.75 Å². The smallest absolute Gasteiger partial charge is 0.492 e. The third-order valence-corrected chi connectivity index (χ3v) is 4.13. The number of nitrogens with zero attached hydrogens (tertiary/aromatic N) is 2. The number of para-hydroxylation sites is 1. The minimum absolute atomic E-state index is 0.0268. The lowest BCUT2D eigenvalue weighted by Crippen LogP contribution is -2.43. The summed E-state index contributed by atoms with van der Waals surface area (Å²) in [7, 11) is 0. The molecule has 8 heteroatoms. The van der Waals surface area contributed by atoms with Crippen LogP contribution in [-0.4, -0.2) is 11.5 Å². The van der Waals surface area contributed by atoms with E-state index in [1.165, 1.54) is 29.3 Å². The molecule has 0 fully saturated rings. The Labute approximate surface area is 141 Å². The number of fused-ring (bicyclic) bond motifs is 3. The van der Waals surface area contributed by atoms with Crippen LogP contribution in [0.5, 0.6) is 5.75 Å². The second-order valence-electron chi connectivity index (χ2n) is 5.71. The molecule has 2 aromatic carbocycles. The first-order valence-corrected chi connectivity index (χ1v) is 7.65. The number of ether oxygens (including phenoxy) is 1. The summed E-state index contributed by atoms with van der Waals surface area (Å²) in [5.74, 6) is -0.287. The molecule has 0 atom stereocenters. The second kappa shape index (κ2) is 5.59. The van der Waals surface area contributed by atoms with Gasteiger partial charge in [-0.25, -0.2) is 5.01 Å². The largest absolute Gasteiger partial charge is 0.573 e. The van der Waals surface area contributed by atoms with Gasteiger partial charge in [0.15, 0.2) is 0 Å². The average molecular weight is 349 g/mol. The third kappa shape index (κ3) is 2.85. The number of aliphatic hydroxyl groups excluding tert-OH is 1. The molecule has 2 aliphatic heterocycles. The van der Waals surface area contributed by atoms with Crippen LogP contribution in [0.2, 0.25) is 0 Å². The van der Waals surface area contributed by atoms with Crippen LogP contribution >= 0.6 is 0 Å². The molecule has 2 N–H and O–H groups in total. The Morgan fingerprint density at radius 3 is 2.40 bits per heavy atom. The van der Waals surface area contributed by atoms with Gasteiger partial charge in [-0.05, 0) is 48.7 Å². The van der Waals surface area contributed by atoms with Crippen LogP contribution in [0.25, 0.3) is 0 Å². The van der Waals surface area contributed by atoms with Crippen LogP contribution < -0.4 is 20.3 Å². The number of aryl methyl sites for hydroxylation is 1.